The lowest BCUT2D eigenvalue weighted by molar-refractivity contribution is -0.137. The summed E-state index contributed by atoms with van der Waals surface area (Å²) in [4.78, 5) is 10.4. The quantitative estimate of drug-likeness (QED) is 0.161. The average molecular weight is 411 g/mol. The molecule has 0 bridgehead atoms. The Hall–Kier alpha value is -0.530. The van der Waals surface area contributed by atoms with Crippen LogP contribution in [0, 0.1) is 5.92 Å². The van der Waals surface area contributed by atoms with Gasteiger partial charge in [0.1, 0.15) is 0 Å². The molecule has 2 heteroatoms. The number of hydrogen-bond acceptors (Lipinski definition) is 1. The molecule has 0 aliphatic heterocycles. The number of aliphatic carboxylic acids is 1. The molecule has 0 saturated carbocycles. The molecule has 0 aromatic heterocycles. The van der Waals surface area contributed by atoms with E-state index in [4.69, 9.17) is 5.11 Å². The molecular weight excluding hydrogens is 356 g/mol. The third-order valence-corrected chi connectivity index (χ3v) is 6.53. The number of unbranched alkanes of at least 4 members (excludes halogenated alkanes) is 19. The molecule has 1 atom stereocenters. The summed E-state index contributed by atoms with van der Waals surface area (Å²) in [5.41, 5.74) is 0. The van der Waals surface area contributed by atoms with E-state index in [1.54, 1.807) is 0 Å². The minimum atomic E-state index is -0.650. The Morgan fingerprint density at radius 2 is 0.828 bits per heavy atom. The van der Waals surface area contributed by atoms with Crippen molar-refractivity contribution >= 4 is 5.97 Å². The standard InChI is InChI=1S/C27H54O2/c1-3-26(2)24-22-20-18-16-14-12-10-8-6-4-5-7-9-11-13-15-17-19-21-23-25-27(28)29/h26H,3-25H2,1-2H3,(H,28,29). The molecule has 0 heterocycles. The molecule has 0 aliphatic carbocycles. The highest BCUT2D eigenvalue weighted by Gasteiger charge is 1.99. The molecule has 0 saturated heterocycles. The summed E-state index contributed by atoms with van der Waals surface area (Å²) >= 11 is 0. The molecule has 0 aromatic carbocycles. The van der Waals surface area contributed by atoms with Crippen LogP contribution in [0.15, 0.2) is 0 Å². The zero-order chi connectivity index (χ0) is 21.4. The van der Waals surface area contributed by atoms with Crippen LogP contribution in [0.3, 0.4) is 0 Å². The Balaban J connectivity index is 3.02. The average Bonchev–Trinajstić information content (AvgIpc) is 2.71. The third-order valence-electron chi connectivity index (χ3n) is 6.53. The summed E-state index contributed by atoms with van der Waals surface area (Å²) in [5, 5.41) is 8.59. The van der Waals surface area contributed by atoms with Crippen molar-refractivity contribution in [3.8, 4) is 0 Å². The molecule has 1 unspecified atom stereocenters. The molecule has 0 radical (unpaired) electrons. The van der Waals surface area contributed by atoms with Gasteiger partial charge in [-0.25, -0.2) is 0 Å². The van der Waals surface area contributed by atoms with Crippen LogP contribution in [0.25, 0.3) is 0 Å². The largest absolute Gasteiger partial charge is 0.481 e. The van der Waals surface area contributed by atoms with Gasteiger partial charge in [-0.05, 0) is 12.3 Å². The van der Waals surface area contributed by atoms with Crippen LogP contribution < -0.4 is 0 Å². The van der Waals surface area contributed by atoms with Gasteiger partial charge in [0.05, 0.1) is 0 Å². The Kier molecular flexibility index (Phi) is 23.3. The molecule has 0 spiro atoms. The lowest BCUT2D eigenvalue weighted by Gasteiger charge is -2.07. The first-order valence-corrected chi connectivity index (χ1v) is 13.4. The summed E-state index contributed by atoms with van der Waals surface area (Å²) in [6, 6.07) is 0. The summed E-state index contributed by atoms with van der Waals surface area (Å²) < 4.78 is 0. The SMILES string of the molecule is CCC(C)CCCCCCCCCCCCCCCCCCCCCCC(=O)O. The molecule has 0 aromatic rings. The van der Waals surface area contributed by atoms with Gasteiger partial charge in [0.2, 0.25) is 0 Å². The van der Waals surface area contributed by atoms with Gasteiger partial charge in [0, 0.05) is 6.42 Å². The fourth-order valence-electron chi connectivity index (χ4n) is 4.16. The van der Waals surface area contributed by atoms with Gasteiger partial charge in [-0.1, -0.05) is 149 Å². The predicted octanol–water partition coefficient (Wildman–Crippen LogP) is 9.70. The molecule has 1 N–H and O–H groups in total. The second-order valence-corrected chi connectivity index (χ2v) is 9.52. The molecular formula is C27H54O2. The maximum absolute atomic E-state index is 10.4. The highest BCUT2D eigenvalue weighted by molar-refractivity contribution is 5.66. The van der Waals surface area contributed by atoms with Crippen molar-refractivity contribution in [1.82, 2.24) is 0 Å². The fourth-order valence-corrected chi connectivity index (χ4v) is 4.16. The van der Waals surface area contributed by atoms with E-state index in [1.807, 2.05) is 0 Å². The van der Waals surface area contributed by atoms with Crippen molar-refractivity contribution in [2.24, 2.45) is 5.92 Å². The van der Waals surface area contributed by atoms with Gasteiger partial charge in [0.25, 0.3) is 0 Å². The first-order valence-electron chi connectivity index (χ1n) is 13.4. The number of carboxylic acids is 1. The Morgan fingerprint density at radius 3 is 1.10 bits per heavy atom. The second-order valence-electron chi connectivity index (χ2n) is 9.52. The topological polar surface area (TPSA) is 37.3 Å². The molecule has 29 heavy (non-hydrogen) atoms. The highest BCUT2D eigenvalue weighted by atomic mass is 16.4. The van der Waals surface area contributed by atoms with Crippen LogP contribution in [0.5, 0.6) is 0 Å². The molecule has 0 aliphatic rings. The third kappa shape index (κ3) is 25.4. The zero-order valence-corrected chi connectivity index (χ0v) is 20.2. The van der Waals surface area contributed by atoms with Crippen LogP contribution in [0.1, 0.15) is 162 Å². The van der Waals surface area contributed by atoms with Gasteiger partial charge in [-0.3, -0.25) is 4.79 Å². The van der Waals surface area contributed by atoms with Crippen LogP contribution in [0.4, 0.5) is 0 Å². The minimum absolute atomic E-state index is 0.346. The molecule has 174 valence electrons. The first-order chi connectivity index (χ1) is 14.2. The molecule has 0 amide bonds. The highest BCUT2D eigenvalue weighted by Crippen LogP contribution is 2.16. The summed E-state index contributed by atoms with van der Waals surface area (Å²) in [6.07, 6.45) is 30.5. The minimum Gasteiger partial charge on any atom is -0.481 e. The van der Waals surface area contributed by atoms with E-state index in [9.17, 15) is 4.79 Å². The Labute approximate surface area is 183 Å². The number of hydrogen-bond donors (Lipinski definition) is 1. The van der Waals surface area contributed by atoms with Crippen molar-refractivity contribution < 1.29 is 9.90 Å². The van der Waals surface area contributed by atoms with Gasteiger partial charge >= 0.3 is 5.97 Å². The lowest BCUT2D eigenvalue weighted by atomic mass is 9.99. The Bertz CT molecular complexity index is 326. The second kappa shape index (κ2) is 23.7. The number of carboxylic acid groups (broad SMARTS) is 1. The lowest BCUT2D eigenvalue weighted by Crippen LogP contribution is -1.93. The van der Waals surface area contributed by atoms with E-state index < -0.39 is 5.97 Å². The molecule has 0 rings (SSSR count). The Morgan fingerprint density at radius 1 is 0.552 bits per heavy atom. The van der Waals surface area contributed by atoms with Crippen LogP contribution >= 0.6 is 0 Å². The maximum Gasteiger partial charge on any atom is 0.303 e. The van der Waals surface area contributed by atoms with Crippen molar-refractivity contribution in [2.75, 3.05) is 0 Å². The molecule has 2 nitrogen and oxygen atoms in total. The predicted molar refractivity (Wildman–Crippen MR) is 129 cm³/mol. The smallest absolute Gasteiger partial charge is 0.303 e. The van der Waals surface area contributed by atoms with E-state index in [2.05, 4.69) is 13.8 Å². The van der Waals surface area contributed by atoms with Gasteiger partial charge in [0.15, 0.2) is 0 Å². The van der Waals surface area contributed by atoms with Crippen LogP contribution in [-0.2, 0) is 4.79 Å². The summed E-state index contributed by atoms with van der Waals surface area (Å²) in [5.74, 6) is 0.284. The van der Waals surface area contributed by atoms with Gasteiger partial charge in [-0.15, -0.1) is 0 Å². The van der Waals surface area contributed by atoms with Crippen molar-refractivity contribution in [3.63, 3.8) is 0 Å². The van der Waals surface area contributed by atoms with E-state index >= 15 is 0 Å². The first kappa shape index (κ1) is 28.5. The van der Waals surface area contributed by atoms with E-state index in [1.165, 1.54) is 128 Å². The van der Waals surface area contributed by atoms with Crippen molar-refractivity contribution in [3.05, 3.63) is 0 Å². The van der Waals surface area contributed by atoms with Crippen molar-refractivity contribution in [1.29, 1.82) is 0 Å². The summed E-state index contributed by atoms with van der Waals surface area (Å²) in [7, 11) is 0. The van der Waals surface area contributed by atoms with E-state index in [0.717, 1.165) is 18.8 Å². The van der Waals surface area contributed by atoms with Gasteiger partial charge < -0.3 is 5.11 Å². The maximum atomic E-state index is 10.4. The van der Waals surface area contributed by atoms with Crippen LogP contribution in [-0.4, -0.2) is 11.1 Å². The normalized spacial score (nSPS) is 12.3. The van der Waals surface area contributed by atoms with Crippen LogP contribution in [0.2, 0.25) is 0 Å². The monoisotopic (exact) mass is 410 g/mol. The zero-order valence-electron chi connectivity index (χ0n) is 20.2. The summed E-state index contributed by atoms with van der Waals surface area (Å²) in [6.45, 7) is 4.70. The number of rotatable bonds is 24. The van der Waals surface area contributed by atoms with E-state index in [0.29, 0.717) is 6.42 Å². The van der Waals surface area contributed by atoms with Crippen molar-refractivity contribution in [2.45, 2.75) is 162 Å². The van der Waals surface area contributed by atoms with Gasteiger partial charge in [-0.2, -0.15) is 0 Å². The fraction of sp³-hybridized carbons (Fsp3) is 0.963. The molecule has 0 fully saturated rings. The number of carbonyl (C=O) groups is 1. The van der Waals surface area contributed by atoms with E-state index in [-0.39, 0.29) is 0 Å².